The summed E-state index contributed by atoms with van der Waals surface area (Å²) in [6.45, 7) is 6.60. The van der Waals surface area contributed by atoms with Crippen molar-refractivity contribution in [2.75, 3.05) is 13.2 Å². The summed E-state index contributed by atoms with van der Waals surface area (Å²) in [5.41, 5.74) is 0. The van der Waals surface area contributed by atoms with E-state index in [1.165, 1.54) is 212 Å². The normalized spacial score (nSPS) is 12.4. The van der Waals surface area contributed by atoms with E-state index in [1.807, 2.05) is 0 Å². The van der Waals surface area contributed by atoms with E-state index in [0.717, 1.165) is 77.0 Å². The van der Waals surface area contributed by atoms with Gasteiger partial charge in [-0.15, -0.1) is 0 Å². The molecule has 0 aliphatic rings. The number of hydrogen-bond donors (Lipinski definition) is 0. The SMILES string of the molecule is CCCCC/C=C\C/C=C\C/C=C\CCCCC(=O)OC[C@H](COC(=O)CCCCCCCCCCCCCCCCCCCCCCC)OC(=O)CCCCCCCCCCC/C=C\C/C=C\CCCCC. The fourth-order valence-corrected chi connectivity index (χ4v) is 9.19. The van der Waals surface area contributed by atoms with Crippen molar-refractivity contribution in [3.05, 3.63) is 60.8 Å². The van der Waals surface area contributed by atoms with Gasteiger partial charge in [0.15, 0.2) is 6.10 Å². The molecule has 0 saturated carbocycles. The highest BCUT2D eigenvalue weighted by Crippen LogP contribution is 2.17. The molecule has 424 valence electrons. The number of rotatable bonds is 58. The minimum Gasteiger partial charge on any atom is -0.462 e. The molecule has 0 aliphatic carbocycles. The highest BCUT2D eigenvalue weighted by molar-refractivity contribution is 5.71. The van der Waals surface area contributed by atoms with Gasteiger partial charge in [-0.3, -0.25) is 14.4 Å². The number of allylic oxidation sites excluding steroid dienone is 10. The van der Waals surface area contributed by atoms with Gasteiger partial charge in [-0.1, -0.05) is 281 Å². The molecule has 0 aromatic heterocycles. The van der Waals surface area contributed by atoms with E-state index in [-0.39, 0.29) is 31.1 Å². The van der Waals surface area contributed by atoms with Crippen LogP contribution >= 0.6 is 0 Å². The average molecular weight is 1020 g/mol. The van der Waals surface area contributed by atoms with Crippen molar-refractivity contribution < 1.29 is 28.6 Å². The number of esters is 3. The van der Waals surface area contributed by atoms with Crippen molar-refractivity contribution in [1.29, 1.82) is 0 Å². The molecule has 0 radical (unpaired) electrons. The van der Waals surface area contributed by atoms with Gasteiger partial charge in [0.05, 0.1) is 0 Å². The standard InChI is InChI=1S/C67H120O6/c1-4-7-10-13-16-19-22-25-28-30-32-33-35-36-39-42-45-48-51-54-57-60-66(69)72-63-64(62-71-65(68)59-56-53-50-47-44-41-38-27-24-21-18-15-12-9-6-3)73-67(70)61-58-55-52-49-46-43-40-37-34-31-29-26-23-20-17-14-11-8-5-2/h17-18,20-21,26-27,29,38,44,47,64H,4-16,19,22-25,28,30-37,39-43,45-46,48-63H2,1-3H3/b20-17-,21-18-,29-26-,38-27-,47-44-/t64-/m1/s1. The summed E-state index contributed by atoms with van der Waals surface area (Å²) >= 11 is 0. The number of carbonyl (C=O) groups excluding carboxylic acids is 3. The van der Waals surface area contributed by atoms with Crippen LogP contribution in [0.2, 0.25) is 0 Å². The van der Waals surface area contributed by atoms with Gasteiger partial charge in [-0.2, -0.15) is 0 Å². The van der Waals surface area contributed by atoms with Crippen molar-refractivity contribution in [1.82, 2.24) is 0 Å². The van der Waals surface area contributed by atoms with E-state index < -0.39 is 6.10 Å². The van der Waals surface area contributed by atoms with Gasteiger partial charge < -0.3 is 14.2 Å². The molecule has 0 aromatic rings. The maximum absolute atomic E-state index is 12.9. The fraction of sp³-hybridized carbons (Fsp3) is 0.806. The minimum atomic E-state index is -0.791. The monoisotopic (exact) mass is 1020 g/mol. The molecule has 0 aromatic carbocycles. The molecule has 0 unspecified atom stereocenters. The molecule has 73 heavy (non-hydrogen) atoms. The lowest BCUT2D eigenvalue weighted by Gasteiger charge is -2.18. The Kier molecular flexibility index (Phi) is 59.2. The zero-order valence-corrected chi connectivity index (χ0v) is 48.7. The third-order valence-electron chi connectivity index (χ3n) is 14.0. The van der Waals surface area contributed by atoms with Crippen molar-refractivity contribution in [2.45, 2.75) is 335 Å². The third kappa shape index (κ3) is 59.9. The van der Waals surface area contributed by atoms with Crippen molar-refractivity contribution in [3.8, 4) is 0 Å². The second-order valence-electron chi connectivity index (χ2n) is 21.3. The van der Waals surface area contributed by atoms with Crippen LogP contribution in [0.4, 0.5) is 0 Å². The first-order valence-electron chi connectivity index (χ1n) is 31.8. The Morgan fingerprint density at radius 2 is 0.493 bits per heavy atom. The Morgan fingerprint density at radius 3 is 0.822 bits per heavy atom. The largest absolute Gasteiger partial charge is 0.462 e. The Labute approximate surface area is 453 Å². The number of unbranched alkanes of at least 4 members (excludes halogenated alkanes) is 37. The third-order valence-corrected chi connectivity index (χ3v) is 14.0. The van der Waals surface area contributed by atoms with Crippen LogP contribution < -0.4 is 0 Å². The average Bonchev–Trinajstić information content (AvgIpc) is 3.39. The van der Waals surface area contributed by atoms with E-state index in [9.17, 15) is 14.4 Å². The van der Waals surface area contributed by atoms with E-state index in [1.54, 1.807) is 0 Å². The van der Waals surface area contributed by atoms with Gasteiger partial charge >= 0.3 is 17.9 Å². The molecule has 6 nitrogen and oxygen atoms in total. The highest BCUT2D eigenvalue weighted by atomic mass is 16.6. The molecule has 0 amide bonds. The Morgan fingerprint density at radius 1 is 0.274 bits per heavy atom. The highest BCUT2D eigenvalue weighted by Gasteiger charge is 2.19. The Hall–Kier alpha value is -2.89. The van der Waals surface area contributed by atoms with E-state index >= 15 is 0 Å². The van der Waals surface area contributed by atoms with Gasteiger partial charge in [-0.25, -0.2) is 0 Å². The van der Waals surface area contributed by atoms with E-state index in [0.29, 0.717) is 19.3 Å². The molecular weight excluding hydrogens is 901 g/mol. The molecule has 0 rings (SSSR count). The topological polar surface area (TPSA) is 78.9 Å². The Balaban J connectivity index is 4.36. The first-order chi connectivity index (χ1) is 36.0. The van der Waals surface area contributed by atoms with Crippen molar-refractivity contribution >= 4 is 17.9 Å². The Bertz CT molecular complexity index is 1310. The summed E-state index contributed by atoms with van der Waals surface area (Å²) in [6.07, 6.45) is 78.0. The van der Waals surface area contributed by atoms with Crippen LogP contribution in [0.1, 0.15) is 329 Å². The van der Waals surface area contributed by atoms with Crippen LogP contribution in [0.15, 0.2) is 60.8 Å². The second-order valence-corrected chi connectivity index (χ2v) is 21.3. The van der Waals surface area contributed by atoms with Gasteiger partial charge in [0.2, 0.25) is 0 Å². The van der Waals surface area contributed by atoms with Gasteiger partial charge in [0.1, 0.15) is 13.2 Å². The molecule has 0 heterocycles. The van der Waals surface area contributed by atoms with E-state index in [2.05, 4.69) is 81.5 Å². The predicted octanol–water partition coefficient (Wildman–Crippen LogP) is 21.6. The van der Waals surface area contributed by atoms with Crippen LogP contribution in [0.5, 0.6) is 0 Å². The van der Waals surface area contributed by atoms with Crippen LogP contribution in [0.25, 0.3) is 0 Å². The second kappa shape index (κ2) is 61.7. The molecule has 1 atom stereocenters. The molecule has 0 bridgehead atoms. The molecular formula is C67H120O6. The lowest BCUT2D eigenvalue weighted by Crippen LogP contribution is -2.30. The van der Waals surface area contributed by atoms with Gasteiger partial charge in [-0.05, 0) is 89.9 Å². The minimum absolute atomic E-state index is 0.0849. The number of hydrogen-bond acceptors (Lipinski definition) is 6. The first kappa shape index (κ1) is 70.1. The maximum Gasteiger partial charge on any atom is 0.306 e. The number of ether oxygens (including phenoxy) is 3. The summed E-state index contributed by atoms with van der Waals surface area (Å²) in [7, 11) is 0. The first-order valence-corrected chi connectivity index (χ1v) is 31.8. The lowest BCUT2D eigenvalue weighted by atomic mass is 10.0. The van der Waals surface area contributed by atoms with Gasteiger partial charge in [0, 0.05) is 19.3 Å². The quantitative estimate of drug-likeness (QED) is 0.0261. The zero-order chi connectivity index (χ0) is 52.9. The molecule has 0 fully saturated rings. The van der Waals surface area contributed by atoms with Crippen LogP contribution in [0.3, 0.4) is 0 Å². The summed E-state index contributed by atoms with van der Waals surface area (Å²) < 4.78 is 16.9. The van der Waals surface area contributed by atoms with Gasteiger partial charge in [0.25, 0.3) is 0 Å². The molecule has 0 spiro atoms. The van der Waals surface area contributed by atoms with Crippen molar-refractivity contribution in [3.63, 3.8) is 0 Å². The van der Waals surface area contributed by atoms with Crippen molar-refractivity contribution in [2.24, 2.45) is 0 Å². The smallest absolute Gasteiger partial charge is 0.306 e. The fourth-order valence-electron chi connectivity index (χ4n) is 9.19. The molecule has 0 saturated heterocycles. The maximum atomic E-state index is 12.9. The van der Waals surface area contributed by atoms with E-state index in [4.69, 9.17) is 14.2 Å². The van der Waals surface area contributed by atoms with Crippen LogP contribution in [-0.4, -0.2) is 37.2 Å². The summed E-state index contributed by atoms with van der Waals surface area (Å²) in [5, 5.41) is 0. The molecule has 0 aliphatic heterocycles. The summed E-state index contributed by atoms with van der Waals surface area (Å²) in [6, 6.07) is 0. The molecule has 6 heteroatoms. The zero-order valence-electron chi connectivity index (χ0n) is 48.7. The lowest BCUT2D eigenvalue weighted by molar-refractivity contribution is -0.167. The predicted molar refractivity (Wildman–Crippen MR) is 316 cm³/mol. The summed E-state index contributed by atoms with van der Waals surface area (Å²) in [5.74, 6) is -0.911. The molecule has 0 N–H and O–H groups in total. The summed E-state index contributed by atoms with van der Waals surface area (Å²) in [4.78, 5) is 38.3. The van der Waals surface area contributed by atoms with Crippen LogP contribution in [0, 0.1) is 0 Å². The number of carbonyl (C=O) groups is 3. The van der Waals surface area contributed by atoms with Crippen LogP contribution in [-0.2, 0) is 28.6 Å².